The Labute approximate surface area is 183 Å². The smallest absolute Gasteiger partial charge is 0.290 e. The van der Waals surface area contributed by atoms with Gasteiger partial charge in [-0.3, -0.25) is 4.79 Å². The molecule has 2 N–H and O–H groups in total. The highest BCUT2D eigenvalue weighted by molar-refractivity contribution is 5.93. The Hall–Kier alpha value is -3.12. The number of nitrogens with zero attached hydrogens (tertiary/aromatic N) is 2. The number of ether oxygens (including phenoxy) is 1. The maximum Gasteiger partial charge on any atom is 0.290 e. The monoisotopic (exact) mass is 421 g/mol. The molecule has 1 aromatic heterocycles. The van der Waals surface area contributed by atoms with Crippen LogP contribution in [0, 0.1) is 0 Å². The van der Waals surface area contributed by atoms with Crippen LogP contribution >= 0.6 is 0 Å². The first kappa shape index (κ1) is 22.6. The highest BCUT2D eigenvalue weighted by Gasteiger charge is 2.10. The van der Waals surface area contributed by atoms with Crippen LogP contribution in [-0.4, -0.2) is 54.8 Å². The fourth-order valence-corrected chi connectivity index (χ4v) is 3.94. The van der Waals surface area contributed by atoms with E-state index in [-0.39, 0.29) is 6.47 Å². The number of carboxylic acid groups (broad SMARTS) is 1. The molecular formula is C25H31N3O3. The van der Waals surface area contributed by atoms with E-state index in [0.717, 1.165) is 41.2 Å². The standard InChI is InChI=1S/C24H29N3O.CH2O2/c1-28-20-12-10-19(11-13-20)23-18-24(21-8-3-4-9-22(21)26-23)25-14-7-17-27-15-5-2-6-16-27;2-1-3/h3-4,8-13,18H,2,5-7,14-17H2,1H3,(H,25,26);1H,(H,2,3). The topological polar surface area (TPSA) is 74.7 Å². The summed E-state index contributed by atoms with van der Waals surface area (Å²) in [5.74, 6) is 0.862. The Morgan fingerprint density at radius 1 is 1.10 bits per heavy atom. The van der Waals surface area contributed by atoms with Gasteiger partial charge in [0.2, 0.25) is 0 Å². The second-order valence-corrected chi connectivity index (χ2v) is 7.59. The number of para-hydroxylation sites is 1. The van der Waals surface area contributed by atoms with Gasteiger partial charge in [-0.1, -0.05) is 24.6 Å². The highest BCUT2D eigenvalue weighted by Crippen LogP contribution is 2.29. The fourth-order valence-electron chi connectivity index (χ4n) is 3.94. The average molecular weight is 422 g/mol. The van der Waals surface area contributed by atoms with Gasteiger partial charge in [0.1, 0.15) is 5.75 Å². The van der Waals surface area contributed by atoms with Crippen LogP contribution in [-0.2, 0) is 4.79 Å². The van der Waals surface area contributed by atoms with E-state index in [4.69, 9.17) is 19.6 Å². The van der Waals surface area contributed by atoms with Crippen molar-refractivity contribution in [2.24, 2.45) is 0 Å². The van der Waals surface area contributed by atoms with E-state index >= 15 is 0 Å². The third-order valence-corrected chi connectivity index (χ3v) is 5.52. The molecule has 164 valence electrons. The van der Waals surface area contributed by atoms with E-state index in [9.17, 15) is 0 Å². The molecule has 0 saturated carbocycles. The van der Waals surface area contributed by atoms with Gasteiger partial charge in [0.25, 0.3) is 6.47 Å². The second kappa shape index (κ2) is 11.9. The van der Waals surface area contributed by atoms with Crippen molar-refractivity contribution >= 4 is 23.1 Å². The Bertz CT molecular complexity index is 954. The number of anilines is 1. The number of piperidine rings is 1. The number of fused-ring (bicyclic) bond motifs is 1. The van der Waals surface area contributed by atoms with Crippen molar-refractivity contribution in [3.8, 4) is 17.0 Å². The molecule has 0 spiro atoms. The molecule has 0 amide bonds. The Morgan fingerprint density at radius 2 is 1.81 bits per heavy atom. The van der Waals surface area contributed by atoms with Crippen molar-refractivity contribution in [3.63, 3.8) is 0 Å². The SMILES string of the molecule is COc1ccc(-c2cc(NCCCN3CCCCC3)c3ccccc3n2)cc1.O=CO. The van der Waals surface area contributed by atoms with Crippen molar-refractivity contribution in [3.05, 3.63) is 54.6 Å². The van der Waals surface area contributed by atoms with Crippen molar-refractivity contribution < 1.29 is 14.6 Å². The zero-order valence-electron chi connectivity index (χ0n) is 18.1. The maximum absolute atomic E-state index is 8.36. The lowest BCUT2D eigenvalue weighted by Crippen LogP contribution is -2.31. The number of likely N-dealkylation sites (tertiary alicyclic amines) is 1. The molecule has 6 heteroatoms. The summed E-state index contributed by atoms with van der Waals surface area (Å²) in [6.45, 7) is 4.44. The van der Waals surface area contributed by atoms with E-state index in [1.54, 1.807) is 7.11 Å². The first-order valence-electron chi connectivity index (χ1n) is 10.8. The largest absolute Gasteiger partial charge is 0.497 e. The molecule has 1 aliphatic rings. The number of aromatic nitrogens is 1. The number of hydrogen-bond donors (Lipinski definition) is 2. The Morgan fingerprint density at radius 3 is 2.52 bits per heavy atom. The van der Waals surface area contributed by atoms with E-state index < -0.39 is 0 Å². The normalized spacial score (nSPS) is 13.8. The quantitative estimate of drug-likeness (QED) is 0.418. The Balaban J connectivity index is 0.000000858. The summed E-state index contributed by atoms with van der Waals surface area (Å²) in [4.78, 5) is 15.8. The summed E-state index contributed by atoms with van der Waals surface area (Å²) in [5.41, 5.74) is 4.27. The molecular weight excluding hydrogens is 390 g/mol. The predicted octanol–water partition coefficient (Wildman–Crippen LogP) is 4.90. The van der Waals surface area contributed by atoms with Gasteiger partial charge in [0.05, 0.1) is 18.3 Å². The number of rotatable bonds is 7. The van der Waals surface area contributed by atoms with Crippen LogP contribution in [0.3, 0.4) is 0 Å². The van der Waals surface area contributed by atoms with Crippen LogP contribution in [0.1, 0.15) is 25.7 Å². The molecule has 0 unspecified atom stereocenters. The van der Waals surface area contributed by atoms with Gasteiger partial charge in [0.15, 0.2) is 0 Å². The number of nitrogens with one attached hydrogen (secondary N) is 1. The summed E-state index contributed by atoms with van der Waals surface area (Å²) in [7, 11) is 1.69. The first-order chi connectivity index (χ1) is 15.2. The van der Waals surface area contributed by atoms with Crippen LogP contribution < -0.4 is 10.1 Å². The average Bonchev–Trinajstić information content (AvgIpc) is 2.83. The number of hydrogen-bond acceptors (Lipinski definition) is 5. The molecule has 0 atom stereocenters. The summed E-state index contributed by atoms with van der Waals surface area (Å²) in [6, 6.07) is 18.6. The van der Waals surface area contributed by atoms with Gasteiger partial charge in [0, 0.05) is 23.2 Å². The zero-order chi connectivity index (χ0) is 21.9. The van der Waals surface area contributed by atoms with Crippen molar-refractivity contribution in [2.45, 2.75) is 25.7 Å². The van der Waals surface area contributed by atoms with E-state index in [1.165, 1.54) is 44.3 Å². The van der Waals surface area contributed by atoms with E-state index in [0.29, 0.717) is 0 Å². The summed E-state index contributed by atoms with van der Waals surface area (Å²) in [5, 5.41) is 11.7. The van der Waals surface area contributed by atoms with Crippen molar-refractivity contribution in [2.75, 3.05) is 38.6 Å². The molecule has 31 heavy (non-hydrogen) atoms. The molecule has 3 aromatic rings. The van der Waals surface area contributed by atoms with Crippen LogP contribution in [0.25, 0.3) is 22.2 Å². The third kappa shape index (κ3) is 6.43. The molecule has 0 aliphatic carbocycles. The summed E-state index contributed by atoms with van der Waals surface area (Å²) < 4.78 is 5.28. The molecule has 6 nitrogen and oxygen atoms in total. The summed E-state index contributed by atoms with van der Waals surface area (Å²) in [6.07, 6.45) is 5.27. The Kier molecular flexibility index (Phi) is 8.67. The molecule has 0 bridgehead atoms. The molecule has 0 radical (unpaired) electrons. The van der Waals surface area contributed by atoms with Gasteiger partial charge in [-0.2, -0.15) is 0 Å². The summed E-state index contributed by atoms with van der Waals surface area (Å²) >= 11 is 0. The van der Waals surface area contributed by atoms with Gasteiger partial charge in [-0.25, -0.2) is 4.98 Å². The van der Waals surface area contributed by atoms with Crippen molar-refractivity contribution in [1.82, 2.24) is 9.88 Å². The van der Waals surface area contributed by atoms with Gasteiger partial charge < -0.3 is 20.1 Å². The van der Waals surface area contributed by atoms with Crippen LogP contribution in [0.2, 0.25) is 0 Å². The van der Waals surface area contributed by atoms with Gasteiger partial charge in [-0.05, 0) is 75.3 Å². The number of pyridine rings is 1. The van der Waals surface area contributed by atoms with Crippen LogP contribution in [0.5, 0.6) is 5.75 Å². The number of methoxy groups -OCH3 is 1. The second-order valence-electron chi connectivity index (χ2n) is 7.59. The molecule has 1 fully saturated rings. The lowest BCUT2D eigenvalue weighted by Gasteiger charge is -2.26. The lowest BCUT2D eigenvalue weighted by atomic mass is 10.1. The first-order valence-corrected chi connectivity index (χ1v) is 10.8. The van der Waals surface area contributed by atoms with Gasteiger partial charge in [-0.15, -0.1) is 0 Å². The lowest BCUT2D eigenvalue weighted by molar-refractivity contribution is -0.122. The van der Waals surface area contributed by atoms with Crippen LogP contribution in [0.4, 0.5) is 5.69 Å². The third-order valence-electron chi connectivity index (χ3n) is 5.52. The molecule has 1 saturated heterocycles. The number of benzene rings is 2. The molecule has 4 rings (SSSR count). The van der Waals surface area contributed by atoms with Crippen molar-refractivity contribution in [1.29, 1.82) is 0 Å². The minimum Gasteiger partial charge on any atom is -0.497 e. The number of carbonyl (C=O) groups is 1. The van der Waals surface area contributed by atoms with E-state index in [1.807, 2.05) is 18.2 Å². The fraction of sp³-hybridized carbons (Fsp3) is 0.360. The molecule has 2 aromatic carbocycles. The predicted molar refractivity (Wildman–Crippen MR) is 126 cm³/mol. The molecule has 2 heterocycles. The van der Waals surface area contributed by atoms with Crippen LogP contribution in [0.15, 0.2) is 54.6 Å². The van der Waals surface area contributed by atoms with Gasteiger partial charge >= 0.3 is 0 Å². The molecule has 1 aliphatic heterocycles. The highest BCUT2D eigenvalue weighted by atomic mass is 16.5. The minimum absolute atomic E-state index is 0.250. The zero-order valence-corrected chi connectivity index (χ0v) is 18.1. The maximum atomic E-state index is 8.36. The minimum atomic E-state index is -0.250. The van der Waals surface area contributed by atoms with E-state index in [2.05, 4.69) is 46.6 Å².